The lowest BCUT2D eigenvalue weighted by molar-refractivity contribution is -0.0480. The summed E-state index contributed by atoms with van der Waals surface area (Å²) in [5, 5.41) is 0.709. The molecule has 1 fully saturated rings. The van der Waals surface area contributed by atoms with Crippen molar-refractivity contribution in [1.29, 1.82) is 0 Å². The number of rotatable bonds is 3. The van der Waals surface area contributed by atoms with Crippen LogP contribution in [0.1, 0.15) is 19.8 Å². The Labute approximate surface area is 85.5 Å². The van der Waals surface area contributed by atoms with Gasteiger partial charge in [-0.3, -0.25) is 4.90 Å². The Bertz CT molecular complexity index is 195. The standard InChI is InChI=1S/C10H18ClNO/c1-9(11)7-12-6-4-5-10(2,8-12)13-3/h1,4-8H2,2-3H3. The number of piperidine rings is 1. The zero-order valence-corrected chi connectivity index (χ0v) is 9.23. The molecule has 2 nitrogen and oxygen atoms in total. The highest BCUT2D eigenvalue weighted by atomic mass is 35.5. The molecule has 1 atom stereocenters. The van der Waals surface area contributed by atoms with Crippen LogP contribution in [-0.2, 0) is 4.74 Å². The maximum Gasteiger partial charge on any atom is 0.0777 e. The minimum absolute atomic E-state index is 0.00455. The van der Waals surface area contributed by atoms with Gasteiger partial charge in [0.05, 0.1) is 5.60 Å². The second kappa shape index (κ2) is 4.45. The van der Waals surface area contributed by atoms with E-state index in [0.717, 1.165) is 26.1 Å². The molecule has 0 aromatic rings. The molecule has 0 saturated carbocycles. The Hall–Kier alpha value is -0.0500. The van der Waals surface area contributed by atoms with Crippen molar-refractivity contribution in [3.63, 3.8) is 0 Å². The van der Waals surface area contributed by atoms with Gasteiger partial charge in [-0.05, 0) is 26.3 Å². The number of halogens is 1. The number of methoxy groups -OCH3 is 1. The normalized spacial score (nSPS) is 30.4. The summed E-state index contributed by atoms with van der Waals surface area (Å²) in [4.78, 5) is 2.29. The molecule has 1 rings (SSSR count). The predicted molar refractivity (Wildman–Crippen MR) is 56.1 cm³/mol. The molecular formula is C10H18ClNO. The third-order valence-electron chi connectivity index (χ3n) is 2.63. The summed E-state index contributed by atoms with van der Waals surface area (Å²) in [6, 6.07) is 0. The zero-order chi connectivity index (χ0) is 9.90. The Balaban J connectivity index is 2.46. The third-order valence-corrected chi connectivity index (χ3v) is 2.75. The highest BCUT2D eigenvalue weighted by Crippen LogP contribution is 2.24. The van der Waals surface area contributed by atoms with Crippen LogP contribution in [0.3, 0.4) is 0 Å². The van der Waals surface area contributed by atoms with Crippen molar-refractivity contribution in [2.75, 3.05) is 26.7 Å². The SMILES string of the molecule is C=C(Cl)CN1CCCC(C)(OC)C1. The van der Waals surface area contributed by atoms with Crippen LogP contribution < -0.4 is 0 Å². The lowest BCUT2D eigenvalue weighted by Gasteiger charge is -2.39. The van der Waals surface area contributed by atoms with E-state index in [1.807, 2.05) is 0 Å². The molecule has 76 valence electrons. The second-order valence-electron chi connectivity index (χ2n) is 3.99. The van der Waals surface area contributed by atoms with Crippen molar-refractivity contribution in [2.24, 2.45) is 0 Å². The summed E-state index contributed by atoms with van der Waals surface area (Å²) in [6.45, 7) is 8.69. The maximum atomic E-state index is 5.77. The van der Waals surface area contributed by atoms with E-state index in [9.17, 15) is 0 Å². The van der Waals surface area contributed by atoms with Crippen LogP contribution in [0.5, 0.6) is 0 Å². The van der Waals surface area contributed by atoms with Crippen LogP contribution in [0.25, 0.3) is 0 Å². The Morgan fingerprint density at radius 1 is 1.69 bits per heavy atom. The van der Waals surface area contributed by atoms with Crippen LogP contribution in [0.4, 0.5) is 0 Å². The number of hydrogen-bond acceptors (Lipinski definition) is 2. The molecule has 0 aromatic heterocycles. The summed E-state index contributed by atoms with van der Waals surface area (Å²) in [6.07, 6.45) is 2.31. The first kappa shape index (κ1) is 11.0. The Morgan fingerprint density at radius 2 is 2.38 bits per heavy atom. The van der Waals surface area contributed by atoms with Crippen molar-refractivity contribution >= 4 is 11.6 Å². The van der Waals surface area contributed by atoms with Gasteiger partial charge in [0.2, 0.25) is 0 Å². The van der Waals surface area contributed by atoms with Gasteiger partial charge in [-0.1, -0.05) is 18.2 Å². The van der Waals surface area contributed by atoms with Crippen LogP contribution in [0, 0.1) is 0 Å². The first-order valence-electron chi connectivity index (χ1n) is 4.66. The lowest BCUT2D eigenvalue weighted by Crippen LogP contribution is -2.47. The van der Waals surface area contributed by atoms with E-state index in [1.165, 1.54) is 6.42 Å². The number of hydrogen-bond donors (Lipinski definition) is 0. The molecule has 0 radical (unpaired) electrons. The largest absolute Gasteiger partial charge is 0.377 e. The van der Waals surface area contributed by atoms with Crippen LogP contribution in [0.15, 0.2) is 11.6 Å². The first-order valence-corrected chi connectivity index (χ1v) is 5.04. The molecule has 1 aliphatic heterocycles. The predicted octanol–water partition coefficient (Wildman–Crippen LogP) is 2.24. The topological polar surface area (TPSA) is 12.5 Å². The molecule has 13 heavy (non-hydrogen) atoms. The van der Waals surface area contributed by atoms with E-state index in [2.05, 4.69) is 18.4 Å². The van der Waals surface area contributed by atoms with Gasteiger partial charge in [0.1, 0.15) is 0 Å². The average Bonchev–Trinajstić information content (AvgIpc) is 2.03. The molecule has 0 spiro atoms. The van der Waals surface area contributed by atoms with Gasteiger partial charge in [0.15, 0.2) is 0 Å². The van der Waals surface area contributed by atoms with E-state index >= 15 is 0 Å². The molecule has 3 heteroatoms. The second-order valence-corrected chi connectivity index (χ2v) is 4.52. The van der Waals surface area contributed by atoms with Crippen molar-refractivity contribution in [3.8, 4) is 0 Å². The highest BCUT2D eigenvalue weighted by Gasteiger charge is 2.30. The summed E-state index contributed by atoms with van der Waals surface area (Å²) < 4.78 is 5.48. The Kier molecular flexibility index (Phi) is 3.77. The minimum atomic E-state index is 0.00455. The van der Waals surface area contributed by atoms with E-state index in [0.29, 0.717) is 5.03 Å². The Morgan fingerprint density at radius 3 is 2.92 bits per heavy atom. The highest BCUT2D eigenvalue weighted by molar-refractivity contribution is 6.29. The third kappa shape index (κ3) is 3.29. The van der Waals surface area contributed by atoms with Gasteiger partial charge in [-0.25, -0.2) is 0 Å². The average molecular weight is 204 g/mol. The fourth-order valence-electron chi connectivity index (χ4n) is 1.85. The van der Waals surface area contributed by atoms with Gasteiger partial charge in [0.25, 0.3) is 0 Å². The van der Waals surface area contributed by atoms with Crippen LogP contribution >= 0.6 is 11.6 Å². The fraction of sp³-hybridized carbons (Fsp3) is 0.800. The molecule has 0 bridgehead atoms. The van der Waals surface area contributed by atoms with E-state index in [1.54, 1.807) is 7.11 Å². The molecule has 1 heterocycles. The number of nitrogens with zero attached hydrogens (tertiary/aromatic N) is 1. The maximum absolute atomic E-state index is 5.77. The van der Waals surface area contributed by atoms with E-state index in [-0.39, 0.29) is 5.60 Å². The van der Waals surface area contributed by atoms with Crippen molar-refractivity contribution < 1.29 is 4.74 Å². The minimum Gasteiger partial charge on any atom is -0.377 e. The van der Waals surface area contributed by atoms with E-state index in [4.69, 9.17) is 16.3 Å². The smallest absolute Gasteiger partial charge is 0.0777 e. The van der Waals surface area contributed by atoms with Gasteiger partial charge in [-0.15, -0.1) is 0 Å². The molecule has 0 amide bonds. The molecule has 0 aromatic carbocycles. The van der Waals surface area contributed by atoms with Crippen molar-refractivity contribution in [3.05, 3.63) is 11.6 Å². The van der Waals surface area contributed by atoms with Crippen LogP contribution in [-0.4, -0.2) is 37.2 Å². The summed E-state index contributed by atoms with van der Waals surface area (Å²) >= 11 is 5.77. The van der Waals surface area contributed by atoms with Gasteiger partial charge >= 0.3 is 0 Å². The monoisotopic (exact) mass is 203 g/mol. The molecular weight excluding hydrogens is 186 g/mol. The summed E-state index contributed by atoms with van der Waals surface area (Å²) in [5.41, 5.74) is 0.00455. The number of ether oxygens (including phenoxy) is 1. The van der Waals surface area contributed by atoms with Crippen LogP contribution in [0.2, 0.25) is 0 Å². The van der Waals surface area contributed by atoms with Gasteiger partial charge < -0.3 is 4.74 Å². The summed E-state index contributed by atoms with van der Waals surface area (Å²) in [5.74, 6) is 0. The van der Waals surface area contributed by atoms with Gasteiger partial charge in [0, 0.05) is 25.2 Å². The zero-order valence-electron chi connectivity index (χ0n) is 8.48. The summed E-state index contributed by atoms with van der Waals surface area (Å²) in [7, 11) is 1.78. The van der Waals surface area contributed by atoms with Gasteiger partial charge in [-0.2, -0.15) is 0 Å². The fourth-order valence-corrected chi connectivity index (χ4v) is 2.02. The molecule has 1 aliphatic rings. The quantitative estimate of drug-likeness (QED) is 0.698. The molecule has 1 unspecified atom stereocenters. The molecule has 1 saturated heterocycles. The van der Waals surface area contributed by atoms with Crippen molar-refractivity contribution in [1.82, 2.24) is 4.90 Å². The first-order chi connectivity index (χ1) is 6.06. The number of likely N-dealkylation sites (tertiary alicyclic amines) is 1. The molecule has 0 aliphatic carbocycles. The van der Waals surface area contributed by atoms with E-state index < -0.39 is 0 Å². The molecule has 0 N–H and O–H groups in total. The van der Waals surface area contributed by atoms with Crippen molar-refractivity contribution in [2.45, 2.75) is 25.4 Å². The lowest BCUT2D eigenvalue weighted by atomic mass is 9.95.